The summed E-state index contributed by atoms with van der Waals surface area (Å²) in [6.07, 6.45) is -22.5. The molecule has 19 nitrogen and oxygen atoms in total. The number of hydrogen-bond donors (Lipinski definition) is 9. The number of benzene rings is 1. The Balaban J connectivity index is 1.71. The second kappa shape index (κ2) is 14.9. The molecule has 0 aromatic heterocycles. The van der Waals surface area contributed by atoms with E-state index in [-0.39, 0.29) is 11.4 Å². The van der Waals surface area contributed by atoms with Crippen molar-refractivity contribution in [3.8, 4) is 5.75 Å². The number of nitro benzene ring substituents is 1. The summed E-state index contributed by atoms with van der Waals surface area (Å²) >= 11 is 0. The zero-order valence-electron chi connectivity index (χ0n) is 24.1. The number of non-ortho nitro benzene ring substituents is 1. The molecule has 3 saturated heterocycles. The van der Waals surface area contributed by atoms with Crippen LogP contribution in [0.5, 0.6) is 5.75 Å². The van der Waals surface area contributed by atoms with Gasteiger partial charge >= 0.3 is 0 Å². The van der Waals surface area contributed by atoms with Gasteiger partial charge in [0.25, 0.3) is 5.69 Å². The van der Waals surface area contributed by atoms with Crippen LogP contribution in [0, 0.1) is 10.1 Å². The lowest BCUT2D eigenvalue weighted by atomic mass is 9.94. The third kappa shape index (κ3) is 7.68. The molecule has 1 amide bonds. The molecule has 1 aromatic carbocycles. The average Bonchev–Trinajstić information content (AvgIpc) is 3.01. The molecule has 0 spiro atoms. The molecule has 1 aromatic rings. The monoisotopic (exact) mass is 650 g/mol. The summed E-state index contributed by atoms with van der Waals surface area (Å²) in [6.45, 7) is 0.931. The van der Waals surface area contributed by atoms with Crippen LogP contribution < -0.4 is 10.1 Å². The Morgan fingerprint density at radius 1 is 0.800 bits per heavy atom. The SMILES string of the molecule is CC(=O)N[C@H]1[C@H](Oc2ccc([N+](=O)[O-])cc2)O[C@H](CO)[C@@H](O[C@@H]2O[C@H](CO)[C@H](O)[C@H](O)[C@H]2O)[C@@H]1O[C@@H]1O[C@@H](C)[C@@H](O)[C@@H](O)[C@@H]1O. The van der Waals surface area contributed by atoms with Crippen molar-refractivity contribution in [3.05, 3.63) is 34.4 Å². The van der Waals surface area contributed by atoms with Crippen molar-refractivity contribution in [2.24, 2.45) is 0 Å². The van der Waals surface area contributed by atoms with E-state index in [4.69, 9.17) is 28.4 Å². The fraction of sp³-hybridized carbons (Fsp3) is 0.731. The third-order valence-corrected chi connectivity index (χ3v) is 7.74. The van der Waals surface area contributed by atoms with Gasteiger partial charge in [0.2, 0.25) is 12.2 Å². The maximum atomic E-state index is 12.4. The maximum Gasteiger partial charge on any atom is 0.269 e. The lowest BCUT2D eigenvalue weighted by Crippen LogP contribution is -2.70. The lowest BCUT2D eigenvalue weighted by molar-refractivity contribution is -0.384. The molecule has 0 unspecified atom stereocenters. The molecule has 3 aliphatic heterocycles. The van der Waals surface area contributed by atoms with Crippen LogP contribution in [0.3, 0.4) is 0 Å². The van der Waals surface area contributed by atoms with Crippen molar-refractivity contribution in [2.75, 3.05) is 13.2 Å². The smallest absolute Gasteiger partial charge is 0.269 e. The van der Waals surface area contributed by atoms with Gasteiger partial charge in [-0.3, -0.25) is 14.9 Å². The number of ether oxygens (including phenoxy) is 6. The first-order valence-electron chi connectivity index (χ1n) is 14.0. The average molecular weight is 651 g/mol. The van der Waals surface area contributed by atoms with E-state index < -0.39 is 116 Å². The largest absolute Gasteiger partial charge is 0.463 e. The number of nitro groups is 1. The molecule has 19 heteroatoms. The van der Waals surface area contributed by atoms with Crippen molar-refractivity contribution >= 4 is 11.6 Å². The Hall–Kier alpha value is -2.63. The summed E-state index contributed by atoms with van der Waals surface area (Å²) < 4.78 is 34.8. The number of aliphatic hydroxyl groups excluding tert-OH is 8. The van der Waals surface area contributed by atoms with E-state index in [0.717, 1.165) is 19.1 Å². The van der Waals surface area contributed by atoms with Gasteiger partial charge < -0.3 is 74.6 Å². The number of carbonyl (C=O) groups is 1. The predicted octanol–water partition coefficient (Wildman–Crippen LogP) is -4.41. The van der Waals surface area contributed by atoms with E-state index in [9.17, 15) is 55.8 Å². The molecular weight excluding hydrogens is 612 g/mol. The van der Waals surface area contributed by atoms with Crippen molar-refractivity contribution in [1.29, 1.82) is 0 Å². The zero-order chi connectivity index (χ0) is 33.2. The quantitative estimate of drug-likeness (QED) is 0.0853. The highest BCUT2D eigenvalue weighted by Gasteiger charge is 2.55. The first-order chi connectivity index (χ1) is 21.3. The van der Waals surface area contributed by atoms with E-state index in [1.54, 1.807) is 0 Å². The van der Waals surface area contributed by atoms with Crippen LogP contribution in [-0.4, -0.2) is 157 Å². The summed E-state index contributed by atoms with van der Waals surface area (Å²) in [5.41, 5.74) is -0.244. The second-order valence-corrected chi connectivity index (χ2v) is 10.9. The van der Waals surface area contributed by atoms with E-state index in [1.165, 1.54) is 19.1 Å². The van der Waals surface area contributed by atoms with Crippen LogP contribution in [0.1, 0.15) is 13.8 Å². The van der Waals surface area contributed by atoms with Gasteiger partial charge in [-0.2, -0.15) is 0 Å². The van der Waals surface area contributed by atoms with E-state index in [1.807, 2.05) is 0 Å². The Labute approximate surface area is 255 Å². The first-order valence-corrected chi connectivity index (χ1v) is 14.0. The molecule has 4 rings (SSSR count). The number of carbonyl (C=O) groups excluding carboxylic acids is 1. The van der Waals surface area contributed by atoms with Gasteiger partial charge in [-0.15, -0.1) is 0 Å². The van der Waals surface area contributed by atoms with Crippen molar-refractivity contribution < 1.29 is 79.0 Å². The van der Waals surface area contributed by atoms with Gasteiger partial charge in [0.1, 0.15) is 72.8 Å². The Morgan fingerprint density at radius 2 is 1.33 bits per heavy atom. The molecule has 0 saturated carbocycles. The normalized spacial score (nSPS) is 42.1. The molecule has 0 radical (unpaired) electrons. The summed E-state index contributed by atoms with van der Waals surface area (Å²) in [5.74, 6) is -0.622. The second-order valence-electron chi connectivity index (χ2n) is 10.9. The van der Waals surface area contributed by atoms with Gasteiger partial charge in [-0.25, -0.2) is 0 Å². The fourth-order valence-corrected chi connectivity index (χ4v) is 5.26. The summed E-state index contributed by atoms with van der Waals surface area (Å²) in [7, 11) is 0. The Morgan fingerprint density at radius 3 is 1.89 bits per heavy atom. The molecular formula is C26H38N2O17. The fourth-order valence-electron chi connectivity index (χ4n) is 5.26. The van der Waals surface area contributed by atoms with Crippen LogP contribution in [0.4, 0.5) is 5.69 Å². The lowest BCUT2D eigenvalue weighted by Gasteiger charge is -2.50. The number of nitrogens with zero attached hydrogens (tertiary/aromatic N) is 1. The molecule has 3 fully saturated rings. The summed E-state index contributed by atoms with van der Waals surface area (Å²) in [4.78, 5) is 22.8. The molecule has 3 aliphatic rings. The summed E-state index contributed by atoms with van der Waals surface area (Å²) in [6, 6.07) is 3.40. The first kappa shape index (κ1) is 35.2. The highest BCUT2D eigenvalue weighted by atomic mass is 16.8. The van der Waals surface area contributed by atoms with Gasteiger partial charge in [0, 0.05) is 19.1 Å². The summed E-state index contributed by atoms with van der Waals surface area (Å²) in [5, 5.41) is 95.9. The molecule has 3 heterocycles. The number of nitrogens with one attached hydrogen (secondary N) is 1. The third-order valence-electron chi connectivity index (χ3n) is 7.74. The van der Waals surface area contributed by atoms with Crippen molar-refractivity contribution in [2.45, 2.75) is 106 Å². The number of rotatable bonds is 10. The molecule has 9 N–H and O–H groups in total. The molecule has 45 heavy (non-hydrogen) atoms. The van der Waals surface area contributed by atoms with Crippen molar-refractivity contribution in [3.63, 3.8) is 0 Å². The van der Waals surface area contributed by atoms with Crippen LogP contribution in [-0.2, 0) is 28.5 Å². The van der Waals surface area contributed by atoms with Gasteiger partial charge in [-0.05, 0) is 19.1 Å². The Bertz CT molecular complexity index is 1140. The van der Waals surface area contributed by atoms with Crippen molar-refractivity contribution in [1.82, 2.24) is 5.32 Å². The minimum Gasteiger partial charge on any atom is -0.463 e. The van der Waals surface area contributed by atoms with Gasteiger partial charge in [0.15, 0.2) is 12.6 Å². The highest BCUT2D eigenvalue weighted by Crippen LogP contribution is 2.34. The zero-order valence-corrected chi connectivity index (χ0v) is 24.1. The maximum absolute atomic E-state index is 12.4. The van der Waals surface area contributed by atoms with Gasteiger partial charge in [0.05, 0.1) is 24.2 Å². The molecule has 254 valence electrons. The minimum atomic E-state index is -1.90. The molecule has 0 bridgehead atoms. The van der Waals surface area contributed by atoms with E-state index >= 15 is 0 Å². The standard InChI is InChI=1S/C26H38N2O17/c1-9-16(32)18(34)20(36)25(40-9)45-23-15(27-10(2)31)24(41-12-5-3-11(4-6-12)28(38)39)43-14(8-30)22(23)44-26-21(37)19(35)17(33)13(7-29)42-26/h3-6,9,13-26,29-30,32-37H,7-8H2,1-2H3,(H,27,31)/t9-,13+,14+,15+,16+,17-,18+,19-,20-,21+,22+,23+,24+,25-,26-/m0/s1. The van der Waals surface area contributed by atoms with Gasteiger partial charge in [-0.1, -0.05) is 0 Å². The number of hydrogen-bond acceptors (Lipinski definition) is 17. The number of amides is 1. The minimum absolute atomic E-state index is 0.0332. The van der Waals surface area contributed by atoms with Crippen LogP contribution in [0.2, 0.25) is 0 Å². The highest BCUT2D eigenvalue weighted by molar-refractivity contribution is 5.73. The predicted molar refractivity (Wildman–Crippen MR) is 143 cm³/mol. The van der Waals surface area contributed by atoms with Crippen LogP contribution in [0.15, 0.2) is 24.3 Å². The van der Waals surface area contributed by atoms with E-state index in [0.29, 0.717) is 0 Å². The topological polar surface area (TPSA) is 289 Å². The van der Waals surface area contributed by atoms with Crippen LogP contribution >= 0.6 is 0 Å². The number of aliphatic hydroxyl groups is 8. The molecule has 0 aliphatic carbocycles. The Kier molecular flexibility index (Phi) is 11.6. The molecule has 15 atom stereocenters. The van der Waals surface area contributed by atoms with Crippen LogP contribution in [0.25, 0.3) is 0 Å². The van der Waals surface area contributed by atoms with E-state index in [2.05, 4.69) is 5.32 Å².